The first-order valence-corrected chi connectivity index (χ1v) is 10.0. The molecule has 1 aromatic heterocycles. The first kappa shape index (κ1) is 18.2. The van der Waals surface area contributed by atoms with Gasteiger partial charge in [0.15, 0.2) is 0 Å². The third-order valence-electron chi connectivity index (χ3n) is 4.64. The molecule has 0 bridgehead atoms. The number of piperazine rings is 1. The van der Waals surface area contributed by atoms with Gasteiger partial charge in [-0.15, -0.1) is 0 Å². The number of sulfonamides is 1. The van der Waals surface area contributed by atoms with Crippen LogP contribution in [0.5, 0.6) is 0 Å². The Hall–Kier alpha value is -1.57. The van der Waals surface area contributed by atoms with Crippen molar-refractivity contribution in [3.63, 3.8) is 0 Å². The van der Waals surface area contributed by atoms with E-state index in [9.17, 15) is 8.42 Å². The number of anilines is 1. The molecule has 8 heteroatoms. The van der Waals surface area contributed by atoms with Gasteiger partial charge in [-0.2, -0.15) is 9.40 Å². The number of hydrogen-bond donors (Lipinski definition) is 0. The predicted octanol–water partition coefficient (Wildman–Crippen LogP) is 2.51. The van der Waals surface area contributed by atoms with Crippen LogP contribution in [0.25, 0.3) is 0 Å². The Morgan fingerprint density at radius 2 is 1.72 bits per heavy atom. The molecule has 1 aromatic carbocycles. The van der Waals surface area contributed by atoms with E-state index in [1.807, 2.05) is 0 Å². The third kappa shape index (κ3) is 3.28. The van der Waals surface area contributed by atoms with E-state index in [-0.39, 0.29) is 10.0 Å². The maximum absolute atomic E-state index is 13.0. The molecule has 1 saturated heterocycles. The van der Waals surface area contributed by atoms with Crippen molar-refractivity contribution in [2.24, 2.45) is 7.05 Å². The summed E-state index contributed by atoms with van der Waals surface area (Å²) < 4.78 is 28.9. The molecule has 0 aliphatic carbocycles. The van der Waals surface area contributed by atoms with Crippen molar-refractivity contribution in [3.05, 3.63) is 40.2 Å². The third-order valence-corrected chi connectivity index (χ3v) is 7.24. The first-order chi connectivity index (χ1) is 11.7. The topological polar surface area (TPSA) is 58.4 Å². The van der Waals surface area contributed by atoms with Crippen LogP contribution >= 0.6 is 11.6 Å². The highest BCUT2D eigenvalue weighted by molar-refractivity contribution is 7.89. The summed E-state index contributed by atoms with van der Waals surface area (Å²) in [6.45, 7) is 7.99. The fourth-order valence-corrected chi connectivity index (χ4v) is 5.39. The van der Waals surface area contributed by atoms with Crippen molar-refractivity contribution in [3.8, 4) is 0 Å². The second kappa shape index (κ2) is 6.63. The SMILES string of the molecule is Cc1ccc(C)c(N2CCN(S(=O)(=O)c3c(C)nn(C)c3Cl)CC2)c1. The van der Waals surface area contributed by atoms with Crippen LogP contribution in [0.15, 0.2) is 23.1 Å². The average Bonchev–Trinajstić information content (AvgIpc) is 2.83. The minimum Gasteiger partial charge on any atom is -0.369 e. The standard InChI is InChI=1S/C17H23ClN4O2S/c1-12-5-6-13(2)15(11-12)21-7-9-22(10-8-21)25(23,24)16-14(3)19-20(4)17(16)18/h5-6,11H,7-10H2,1-4H3. The van der Waals surface area contributed by atoms with Crippen LogP contribution in [0.4, 0.5) is 5.69 Å². The van der Waals surface area contributed by atoms with Gasteiger partial charge in [0.05, 0.1) is 5.69 Å². The largest absolute Gasteiger partial charge is 0.369 e. The van der Waals surface area contributed by atoms with Crippen LogP contribution in [0.1, 0.15) is 16.8 Å². The van der Waals surface area contributed by atoms with E-state index in [2.05, 4.69) is 42.0 Å². The zero-order valence-electron chi connectivity index (χ0n) is 15.0. The first-order valence-electron chi connectivity index (χ1n) is 8.23. The smallest absolute Gasteiger partial charge is 0.248 e. The summed E-state index contributed by atoms with van der Waals surface area (Å²) in [6.07, 6.45) is 0. The molecule has 1 aliphatic heterocycles. The minimum absolute atomic E-state index is 0.122. The van der Waals surface area contributed by atoms with E-state index in [1.54, 1.807) is 14.0 Å². The molecule has 1 fully saturated rings. The predicted molar refractivity (Wildman–Crippen MR) is 99.8 cm³/mol. The van der Waals surface area contributed by atoms with Crippen molar-refractivity contribution in [2.75, 3.05) is 31.1 Å². The number of nitrogens with zero attached hydrogens (tertiary/aromatic N) is 4. The summed E-state index contributed by atoms with van der Waals surface area (Å²) in [5.41, 5.74) is 4.01. The Labute approximate surface area is 154 Å². The molecule has 0 radical (unpaired) electrons. The Balaban J connectivity index is 1.81. The zero-order chi connectivity index (χ0) is 18.4. The number of aromatic nitrogens is 2. The number of aryl methyl sites for hydroxylation is 4. The number of hydrogen-bond acceptors (Lipinski definition) is 4. The second-order valence-electron chi connectivity index (χ2n) is 6.51. The van der Waals surface area contributed by atoms with Gasteiger partial charge in [0.25, 0.3) is 0 Å². The van der Waals surface area contributed by atoms with Gasteiger partial charge in [-0.05, 0) is 38.0 Å². The quantitative estimate of drug-likeness (QED) is 0.818. The highest BCUT2D eigenvalue weighted by Crippen LogP contribution is 2.29. The fraction of sp³-hybridized carbons (Fsp3) is 0.471. The average molecular weight is 383 g/mol. The molecule has 0 atom stereocenters. The maximum Gasteiger partial charge on any atom is 0.248 e. The highest BCUT2D eigenvalue weighted by Gasteiger charge is 2.33. The van der Waals surface area contributed by atoms with Crippen LogP contribution in [0.2, 0.25) is 5.15 Å². The lowest BCUT2D eigenvalue weighted by Crippen LogP contribution is -2.49. The van der Waals surface area contributed by atoms with Crippen LogP contribution in [0, 0.1) is 20.8 Å². The Morgan fingerprint density at radius 1 is 1.08 bits per heavy atom. The van der Waals surface area contributed by atoms with Crippen LogP contribution in [-0.4, -0.2) is 48.7 Å². The zero-order valence-corrected chi connectivity index (χ0v) is 16.5. The summed E-state index contributed by atoms with van der Waals surface area (Å²) in [7, 11) is -1.99. The van der Waals surface area contributed by atoms with Gasteiger partial charge in [0.1, 0.15) is 10.0 Å². The Kier molecular flexibility index (Phi) is 4.83. The Bertz CT molecular complexity index is 900. The van der Waals surface area contributed by atoms with Crippen molar-refractivity contribution in [1.29, 1.82) is 0 Å². The van der Waals surface area contributed by atoms with E-state index in [1.165, 1.54) is 25.8 Å². The van der Waals surface area contributed by atoms with Gasteiger partial charge in [-0.1, -0.05) is 23.7 Å². The van der Waals surface area contributed by atoms with E-state index >= 15 is 0 Å². The van der Waals surface area contributed by atoms with Crippen molar-refractivity contribution in [2.45, 2.75) is 25.7 Å². The van der Waals surface area contributed by atoms with Gasteiger partial charge >= 0.3 is 0 Å². The summed E-state index contributed by atoms with van der Waals surface area (Å²) in [4.78, 5) is 2.36. The van der Waals surface area contributed by atoms with E-state index < -0.39 is 10.0 Å². The molecule has 2 aromatic rings. The number of rotatable bonds is 3. The molecular weight excluding hydrogens is 360 g/mol. The van der Waals surface area contributed by atoms with Gasteiger partial charge in [0.2, 0.25) is 10.0 Å². The summed E-state index contributed by atoms with van der Waals surface area (Å²) in [6, 6.07) is 6.35. The second-order valence-corrected chi connectivity index (χ2v) is 8.74. The highest BCUT2D eigenvalue weighted by atomic mass is 35.5. The summed E-state index contributed by atoms with van der Waals surface area (Å²) in [5.74, 6) is 0. The Morgan fingerprint density at radius 3 is 2.28 bits per heavy atom. The molecule has 0 saturated carbocycles. The molecule has 25 heavy (non-hydrogen) atoms. The molecule has 0 N–H and O–H groups in total. The summed E-state index contributed by atoms with van der Waals surface area (Å²) >= 11 is 6.16. The monoisotopic (exact) mass is 382 g/mol. The minimum atomic E-state index is -3.64. The lowest BCUT2D eigenvalue weighted by Gasteiger charge is -2.36. The van der Waals surface area contributed by atoms with Crippen molar-refractivity contribution < 1.29 is 8.42 Å². The molecule has 0 amide bonds. The van der Waals surface area contributed by atoms with Gasteiger partial charge < -0.3 is 4.90 Å². The van der Waals surface area contributed by atoms with E-state index in [0.717, 1.165) is 0 Å². The lowest BCUT2D eigenvalue weighted by atomic mass is 10.1. The summed E-state index contributed by atoms with van der Waals surface area (Å²) in [5, 5.41) is 4.29. The number of halogens is 1. The van der Waals surface area contributed by atoms with Crippen LogP contribution in [0.3, 0.4) is 0 Å². The molecule has 0 spiro atoms. The molecule has 1 aliphatic rings. The van der Waals surface area contributed by atoms with Crippen molar-refractivity contribution >= 4 is 27.3 Å². The van der Waals surface area contributed by atoms with Crippen molar-refractivity contribution in [1.82, 2.24) is 14.1 Å². The van der Waals surface area contributed by atoms with Gasteiger partial charge in [-0.3, -0.25) is 4.68 Å². The van der Waals surface area contributed by atoms with Crippen LogP contribution in [-0.2, 0) is 17.1 Å². The fourth-order valence-electron chi connectivity index (χ4n) is 3.26. The lowest BCUT2D eigenvalue weighted by molar-refractivity contribution is 0.384. The number of benzene rings is 1. The van der Waals surface area contributed by atoms with E-state index in [0.29, 0.717) is 31.9 Å². The molecule has 3 rings (SSSR count). The maximum atomic E-state index is 13.0. The van der Waals surface area contributed by atoms with Gasteiger partial charge in [0, 0.05) is 38.9 Å². The van der Waals surface area contributed by atoms with E-state index in [4.69, 9.17) is 11.6 Å². The molecule has 2 heterocycles. The van der Waals surface area contributed by atoms with Crippen LogP contribution < -0.4 is 4.90 Å². The molecule has 6 nitrogen and oxygen atoms in total. The molecule has 0 unspecified atom stereocenters. The molecule has 136 valence electrons. The normalized spacial score (nSPS) is 16.4. The molecular formula is C17H23ClN4O2S. The van der Waals surface area contributed by atoms with Gasteiger partial charge in [-0.25, -0.2) is 8.42 Å².